The third-order valence-electron chi connectivity index (χ3n) is 4.91. The van der Waals surface area contributed by atoms with Crippen molar-refractivity contribution in [1.29, 1.82) is 0 Å². The van der Waals surface area contributed by atoms with Gasteiger partial charge in [-0.15, -0.1) is 0 Å². The number of hydrogen-bond acceptors (Lipinski definition) is 3. The van der Waals surface area contributed by atoms with Gasteiger partial charge in [-0.3, -0.25) is 4.90 Å². The smallest absolute Gasteiger partial charge is 0.255 e. The molecular weight excluding hydrogens is 334 g/mol. The summed E-state index contributed by atoms with van der Waals surface area (Å²) in [7, 11) is 0. The quantitative estimate of drug-likeness (QED) is 0.495. The second kappa shape index (κ2) is 6.25. The van der Waals surface area contributed by atoms with Gasteiger partial charge in [0.25, 0.3) is 6.67 Å². The van der Waals surface area contributed by atoms with Crippen molar-refractivity contribution in [2.24, 2.45) is 5.10 Å². The Hall–Kier alpha value is -3.66. The molecule has 0 spiro atoms. The van der Waals surface area contributed by atoms with E-state index in [4.69, 9.17) is 0 Å². The van der Waals surface area contributed by atoms with Crippen LogP contribution in [0, 0.1) is 0 Å². The van der Waals surface area contributed by atoms with Gasteiger partial charge in [0.1, 0.15) is 6.02 Å². The Morgan fingerprint density at radius 1 is 0.704 bits per heavy atom. The predicted octanol–water partition coefficient (Wildman–Crippen LogP) is 2.87. The molecule has 0 radical (unpaired) electrons. The Morgan fingerprint density at radius 3 is 1.89 bits per heavy atom. The number of hydrazone groups is 1. The van der Waals surface area contributed by atoms with Gasteiger partial charge in [-0.25, -0.2) is 0 Å². The normalized spacial score (nSPS) is 14.0. The fourth-order valence-electron chi connectivity index (χ4n) is 3.62. The molecule has 0 atom stereocenters. The van der Waals surface area contributed by atoms with E-state index in [2.05, 4.69) is 41.5 Å². The van der Waals surface area contributed by atoms with Crippen molar-refractivity contribution < 1.29 is 5.11 Å². The molecule has 0 aromatic heterocycles. The van der Waals surface area contributed by atoms with E-state index in [1.165, 1.54) is 0 Å². The predicted molar refractivity (Wildman–Crippen MR) is 108 cm³/mol. The molecule has 0 aliphatic carbocycles. The van der Waals surface area contributed by atoms with E-state index in [1.807, 2.05) is 59.3 Å². The summed E-state index contributed by atoms with van der Waals surface area (Å²) in [5.41, 5.74) is 0.850. The fraction of sp³-hybridized carbons (Fsp3) is 0.0435. The Morgan fingerprint density at radius 2 is 1.26 bits per heavy atom. The molecule has 4 heteroatoms. The number of fused-ring (bicyclic) bond motifs is 2. The molecule has 4 aromatic rings. The Kier molecular flexibility index (Phi) is 3.61. The van der Waals surface area contributed by atoms with Crippen LogP contribution in [-0.2, 0) is 0 Å². The number of anilines is 1. The van der Waals surface area contributed by atoms with Gasteiger partial charge in [-0.05, 0) is 35.0 Å². The van der Waals surface area contributed by atoms with E-state index >= 15 is 0 Å². The molecular formula is C23H17N3O. The van der Waals surface area contributed by atoms with Gasteiger partial charge in [0.15, 0.2) is 0 Å². The molecule has 0 amide bonds. The molecule has 1 aliphatic rings. The number of amidine groups is 1. The lowest BCUT2D eigenvalue weighted by molar-refractivity contribution is -0.217. The zero-order chi connectivity index (χ0) is 18.2. The van der Waals surface area contributed by atoms with Crippen LogP contribution < -0.4 is 20.0 Å². The summed E-state index contributed by atoms with van der Waals surface area (Å²) < 4.78 is 1.82. The number of nitrogens with zero attached hydrogens (tertiary/aromatic N) is 3. The van der Waals surface area contributed by atoms with Crippen molar-refractivity contribution in [3.8, 4) is 0 Å². The average molecular weight is 351 g/mol. The van der Waals surface area contributed by atoms with Gasteiger partial charge in [0.2, 0.25) is 5.36 Å². The molecule has 1 heterocycles. The molecule has 0 N–H and O–H groups in total. The van der Waals surface area contributed by atoms with E-state index in [9.17, 15) is 5.11 Å². The summed E-state index contributed by atoms with van der Waals surface area (Å²) in [4.78, 5) is 1.69. The maximum Gasteiger partial charge on any atom is 0.255 e. The minimum absolute atomic E-state index is 0.249. The van der Waals surface area contributed by atoms with Gasteiger partial charge in [-0.2, -0.15) is 0 Å². The van der Waals surface area contributed by atoms with Crippen molar-refractivity contribution in [3.05, 3.63) is 96.4 Å². The summed E-state index contributed by atoms with van der Waals surface area (Å²) in [6.45, 7) is 0.390. The largest absolute Gasteiger partial charge is 0.841 e. The fourth-order valence-corrected chi connectivity index (χ4v) is 3.62. The standard InChI is InChI=1S/C23H17N3O/c27-23-24-26(16-25(23)19-10-2-1-3-11-19)22-20-12-6-4-8-17(20)14-15-18-9-5-7-13-21(18)22/h1-15H,16H2. The highest BCUT2D eigenvalue weighted by Crippen LogP contribution is 2.18. The second-order valence-corrected chi connectivity index (χ2v) is 6.54. The van der Waals surface area contributed by atoms with Crippen LogP contribution in [0.5, 0.6) is 0 Å². The van der Waals surface area contributed by atoms with Gasteiger partial charge >= 0.3 is 0 Å². The van der Waals surface area contributed by atoms with Crippen LogP contribution >= 0.6 is 0 Å². The molecule has 0 bridgehead atoms. The van der Waals surface area contributed by atoms with Gasteiger partial charge < -0.3 is 5.11 Å². The third-order valence-corrected chi connectivity index (χ3v) is 4.91. The average Bonchev–Trinajstić information content (AvgIpc) is 3.01. The van der Waals surface area contributed by atoms with Crippen LogP contribution in [0.15, 0.2) is 96.1 Å². The van der Waals surface area contributed by atoms with Crippen molar-refractivity contribution in [2.75, 3.05) is 11.6 Å². The summed E-state index contributed by atoms with van der Waals surface area (Å²) in [6.07, 6.45) is 0. The molecule has 1 aliphatic heterocycles. The number of rotatable bonds is 1. The molecule has 4 nitrogen and oxygen atoms in total. The van der Waals surface area contributed by atoms with Gasteiger partial charge in [0.05, 0.1) is 10.8 Å². The topological polar surface area (TPSA) is 41.7 Å². The van der Waals surface area contributed by atoms with Crippen molar-refractivity contribution >= 4 is 33.3 Å². The SMILES string of the molecule is [O-]C1=N[N+](=c2c3ccccc3ccc3ccccc23)CN1c1ccccc1. The van der Waals surface area contributed by atoms with Crippen LogP contribution in [0.3, 0.4) is 0 Å². The van der Waals surface area contributed by atoms with Crippen LogP contribution in [0.25, 0.3) is 21.5 Å². The second-order valence-electron chi connectivity index (χ2n) is 6.54. The third kappa shape index (κ3) is 2.62. The maximum absolute atomic E-state index is 12.6. The molecule has 4 aromatic carbocycles. The first-order valence-corrected chi connectivity index (χ1v) is 8.91. The summed E-state index contributed by atoms with van der Waals surface area (Å²) in [5.74, 6) is 0. The van der Waals surface area contributed by atoms with Crippen LogP contribution in [0.1, 0.15) is 0 Å². The summed E-state index contributed by atoms with van der Waals surface area (Å²) in [5, 5.41) is 22.3. The van der Waals surface area contributed by atoms with Crippen LogP contribution in [0.2, 0.25) is 0 Å². The molecule has 0 fully saturated rings. The van der Waals surface area contributed by atoms with E-state index in [0.29, 0.717) is 6.67 Å². The minimum atomic E-state index is -0.249. The lowest BCUT2D eigenvalue weighted by Gasteiger charge is -2.17. The lowest BCUT2D eigenvalue weighted by Crippen LogP contribution is -2.38. The molecule has 0 saturated heterocycles. The molecule has 0 saturated carbocycles. The van der Waals surface area contributed by atoms with Gasteiger partial charge in [0, 0.05) is 10.8 Å². The summed E-state index contributed by atoms with van der Waals surface area (Å²) >= 11 is 0. The lowest BCUT2D eigenvalue weighted by atomic mass is 10.1. The highest BCUT2D eigenvalue weighted by Gasteiger charge is 2.24. The Bertz CT molecular complexity index is 1200. The first-order valence-electron chi connectivity index (χ1n) is 8.91. The Balaban J connectivity index is 1.87. The highest BCUT2D eigenvalue weighted by atomic mass is 16.3. The monoisotopic (exact) mass is 351 g/mol. The van der Waals surface area contributed by atoms with Crippen molar-refractivity contribution in [1.82, 2.24) is 4.68 Å². The van der Waals surface area contributed by atoms with Crippen LogP contribution in [-0.4, -0.2) is 12.7 Å². The van der Waals surface area contributed by atoms with E-state index in [0.717, 1.165) is 32.6 Å². The zero-order valence-electron chi connectivity index (χ0n) is 14.6. The molecule has 5 rings (SSSR count). The first-order chi connectivity index (χ1) is 13.3. The van der Waals surface area contributed by atoms with Crippen molar-refractivity contribution in [3.63, 3.8) is 0 Å². The van der Waals surface area contributed by atoms with Gasteiger partial charge in [-0.1, -0.05) is 71.4 Å². The molecule has 0 unspecified atom stereocenters. The van der Waals surface area contributed by atoms with E-state index in [1.54, 1.807) is 4.90 Å². The number of benzene rings is 3. The highest BCUT2D eigenvalue weighted by molar-refractivity contribution is 5.94. The van der Waals surface area contributed by atoms with E-state index < -0.39 is 0 Å². The first kappa shape index (κ1) is 15.6. The Labute approximate surface area is 156 Å². The number of hydrogen-bond donors (Lipinski definition) is 0. The minimum Gasteiger partial charge on any atom is -0.841 e. The van der Waals surface area contributed by atoms with Crippen LogP contribution in [0.4, 0.5) is 5.69 Å². The van der Waals surface area contributed by atoms with E-state index in [-0.39, 0.29) is 6.02 Å². The molecule has 130 valence electrons. The zero-order valence-corrected chi connectivity index (χ0v) is 14.6. The number of para-hydroxylation sites is 1. The summed E-state index contributed by atoms with van der Waals surface area (Å²) in [6, 6.07) is 30.1. The van der Waals surface area contributed by atoms with Crippen molar-refractivity contribution in [2.45, 2.75) is 0 Å². The molecule has 27 heavy (non-hydrogen) atoms. The maximum atomic E-state index is 12.6.